The predicted octanol–water partition coefficient (Wildman–Crippen LogP) is 3.58. The monoisotopic (exact) mass is 1040 g/mol. The Labute approximate surface area is 416 Å². The van der Waals surface area contributed by atoms with Crippen molar-refractivity contribution < 1.29 is 49.1 Å². The van der Waals surface area contributed by atoms with E-state index in [4.69, 9.17) is 83.4 Å². The average Bonchev–Trinajstić information content (AvgIpc) is 3.72. The van der Waals surface area contributed by atoms with Crippen molar-refractivity contribution in [3.8, 4) is 22.5 Å². The molecule has 6 aromatic rings. The maximum Gasteiger partial charge on any atom is 0.329 e. The van der Waals surface area contributed by atoms with E-state index in [-0.39, 0.29) is 43.8 Å². The van der Waals surface area contributed by atoms with E-state index in [0.717, 1.165) is 4.85 Å². The maximum atomic E-state index is 11.6. The van der Waals surface area contributed by atoms with Crippen molar-refractivity contribution in [1.29, 1.82) is 0 Å². The van der Waals surface area contributed by atoms with Crippen LogP contribution in [-0.4, -0.2) is 157 Å². The molecule has 3 heterocycles. The zero-order chi connectivity index (χ0) is 50.7. The topological polar surface area (TPSA) is 350 Å². The number of amides is 1. The number of halogens is 4. The number of anilines is 2. The lowest BCUT2D eigenvalue weighted by atomic mass is 10.1. The van der Waals surface area contributed by atoms with Crippen molar-refractivity contribution in [3.63, 3.8) is 0 Å². The molecular weight excluding hydrogens is 988 g/mol. The fraction of sp³-hybridized carbons (Fsp3) is 0.381. The molecule has 0 bridgehead atoms. The quantitative estimate of drug-likeness (QED) is 0.0377. The molecule has 27 heteroatoms. The number of carboxylic acids is 1. The zero-order valence-electron chi connectivity index (χ0n) is 37.4. The summed E-state index contributed by atoms with van der Waals surface area (Å²) in [5.74, 6) is -0.0719. The summed E-state index contributed by atoms with van der Waals surface area (Å²) >= 11 is 24.3. The molecule has 0 aliphatic carbocycles. The maximum absolute atomic E-state index is 11.6. The molecule has 2 atom stereocenters. The van der Waals surface area contributed by atoms with Crippen molar-refractivity contribution in [1.82, 2.24) is 50.8 Å². The third kappa shape index (κ3) is 20.4. The van der Waals surface area contributed by atoms with E-state index in [1.165, 1.54) is 7.11 Å². The lowest BCUT2D eigenvalue weighted by Crippen LogP contribution is -2.35. The number of rotatable bonds is 21. The highest BCUT2D eigenvalue weighted by atomic mass is 35.5. The van der Waals surface area contributed by atoms with Gasteiger partial charge in [0.2, 0.25) is 5.91 Å². The van der Waals surface area contributed by atoms with Gasteiger partial charge >= 0.3 is 5.97 Å². The zero-order valence-corrected chi connectivity index (χ0v) is 40.4. The molecule has 2 unspecified atom stereocenters. The Bertz CT molecular complexity index is 2510. The molecule has 3 aromatic carbocycles. The van der Waals surface area contributed by atoms with Gasteiger partial charge in [-0.1, -0.05) is 87.6 Å². The van der Waals surface area contributed by atoms with Crippen LogP contribution in [0.2, 0.25) is 20.1 Å². The van der Waals surface area contributed by atoms with Gasteiger partial charge in [-0.05, 0) is 42.3 Å². The van der Waals surface area contributed by atoms with Gasteiger partial charge in [0.1, 0.15) is 35.6 Å². The molecule has 0 fully saturated rings. The normalized spacial score (nSPS) is 11.6. The van der Waals surface area contributed by atoms with Gasteiger partial charge in [0.25, 0.3) is 0 Å². The number of para-hydroxylation sites is 1. The third-order valence-electron chi connectivity index (χ3n) is 8.79. The van der Waals surface area contributed by atoms with Crippen LogP contribution < -0.4 is 22.5 Å². The van der Waals surface area contributed by atoms with E-state index in [9.17, 15) is 19.8 Å². The SMILES string of the molecule is COCCOCC(=O)NCC(O)CCc1nnc(-c2cccc(Cl)c2Cl)c(N)n1.COCCOCC(=O)O.NCC(O)CCc1nnc(-c2cccc(Cl)c2Cl)c(N)n1.On1nnc2ccccc21. The lowest BCUT2D eigenvalue weighted by molar-refractivity contribution is -0.142. The number of nitrogens with zero attached hydrogens (tertiary/aromatic N) is 9. The molecule has 0 spiro atoms. The van der Waals surface area contributed by atoms with E-state index in [0.29, 0.717) is 117 Å². The van der Waals surface area contributed by atoms with Crippen LogP contribution in [0.3, 0.4) is 0 Å². The van der Waals surface area contributed by atoms with Gasteiger partial charge in [-0.2, -0.15) is 0 Å². The first-order chi connectivity index (χ1) is 33.1. The molecule has 0 aliphatic rings. The van der Waals surface area contributed by atoms with Gasteiger partial charge in [-0.15, -0.1) is 25.5 Å². The highest BCUT2D eigenvalue weighted by molar-refractivity contribution is 6.44. The molecule has 69 heavy (non-hydrogen) atoms. The number of nitrogen functional groups attached to an aromatic ring is 2. The number of aliphatic hydroxyl groups excluding tert-OH is 2. The highest BCUT2D eigenvalue weighted by Gasteiger charge is 2.17. The fourth-order valence-corrected chi connectivity index (χ4v) is 6.05. The molecule has 0 saturated carbocycles. The van der Waals surface area contributed by atoms with Gasteiger partial charge < -0.3 is 62.0 Å². The number of benzene rings is 3. The Balaban J connectivity index is 0.000000271. The number of ether oxygens (including phenoxy) is 4. The Morgan fingerprint density at radius 2 is 1.20 bits per heavy atom. The van der Waals surface area contributed by atoms with Gasteiger partial charge in [0.05, 0.1) is 58.7 Å². The van der Waals surface area contributed by atoms with E-state index in [2.05, 4.69) is 55.5 Å². The van der Waals surface area contributed by atoms with E-state index < -0.39 is 18.2 Å². The van der Waals surface area contributed by atoms with E-state index in [1.807, 2.05) is 12.1 Å². The van der Waals surface area contributed by atoms with Crippen molar-refractivity contribution in [3.05, 3.63) is 92.4 Å². The Morgan fingerprint density at radius 3 is 1.68 bits per heavy atom. The number of aryl methyl sites for hydroxylation is 2. The number of carboxylic acid groups (broad SMARTS) is 1. The number of aliphatic carboxylic acids is 1. The number of aliphatic hydroxyl groups is 2. The van der Waals surface area contributed by atoms with E-state index in [1.54, 1.807) is 55.6 Å². The molecule has 0 radical (unpaired) electrons. The number of methoxy groups -OCH3 is 2. The molecule has 1 amide bonds. The second-order valence-corrected chi connectivity index (χ2v) is 15.6. The summed E-state index contributed by atoms with van der Waals surface area (Å²) in [5.41, 5.74) is 20.4. The fourth-order valence-electron chi connectivity index (χ4n) is 5.27. The van der Waals surface area contributed by atoms with Crippen molar-refractivity contribution >= 4 is 80.9 Å². The Kier molecular flexibility index (Phi) is 26.2. The standard InChI is InChI=1S/C18H23Cl2N5O4.C13H15Cl2N5O.C6H5N3O.C5H10O4/c1-28-7-8-29-10-15(27)22-9-11(26)5-6-14-23-18(21)17(25-24-14)12-3-2-4-13(19)16(12)20;14-9-3-1-2-8(11(9)15)12-13(17)18-10(19-20-12)5-4-7(21)6-16;10-9-6-4-2-1-3-5(6)7-8-9;1-8-2-3-9-4-5(6)7/h2-4,11,26H,5-10H2,1H3,(H,22,27)(H2,21,23,24);1-3,7,21H,4-6,16H2,(H2,17,18,19);1-4,10H;2-4H2,1H3,(H,6,7). The minimum atomic E-state index is -0.953. The first kappa shape index (κ1) is 57.6. The minimum Gasteiger partial charge on any atom is -0.480 e. The third-order valence-corrected chi connectivity index (χ3v) is 10.4. The molecule has 0 aliphatic heterocycles. The second-order valence-electron chi connectivity index (χ2n) is 14.0. The summed E-state index contributed by atoms with van der Waals surface area (Å²) < 4.78 is 19.1. The number of nitrogens with two attached hydrogens (primary N) is 3. The molecule has 23 nitrogen and oxygen atoms in total. The predicted molar refractivity (Wildman–Crippen MR) is 258 cm³/mol. The molecular formula is C42H53Cl4N13O10. The number of fused-ring (bicyclic) bond motifs is 1. The minimum absolute atomic E-state index is 0.0889. The number of hydrogen-bond donors (Lipinski definition) is 8. The van der Waals surface area contributed by atoms with Gasteiger partial charge in [-0.3, -0.25) is 4.79 Å². The number of aromatic nitrogens is 9. The van der Waals surface area contributed by atoms with E-state index >= 15 is 0 Å². The number of carbonyl (C=O) groups excluding carboxylic acids is 1. The van der Waals surface area contributed by atoms with Gasteiger partial charge in [-0.25, -0.2) is 14.8 Å². The van der Waals surface area contributed by atoms with Gasteiger partial charge in [0.15, 0.2) is 23.3 Å². The molecule has 3 aromatic heterocycles. The molecule has 6 rings (SSSR count). The number of nitrogens with one attached hydrogen (secondary N) is 1. The summed E-state index contributed by atoms with van der Waals surface area (Å²) in [6, 6.07) is 17.5. The summed E-state index contributed by atoms with van der Waals surface area (Å²) in [6.45, 7) is 1.46. The molecule has 374 valence electrons. The largest absolute Gasteiger partial charge is 0.480 e. The lowest BCUT2D eigenvalue weighted by Gasteiger charge is -2.12. The second kappa shape index (κ2) is 31.4. The summed E-state index contributed by atoms with van der Waals surface area (Å²) in [6.07, 6.45) is 0.195. The Hall–Kier alpha value is -5.70. The molecule has 11 N–H and O–H groups in total. The number of carbonyl (C=O) groups is 2. The summed E-state index contributed by atoms with van der Waals surface area (Å²) in [7, 11) is 3.08. The molecule has 0 saturated heterocycles. The van der Waals surface area contributed by atoms with Crippen LogP contribution in [0, 0.1) is 0 Å². The van der Waals surface area contributed by atoms with Crippen LogP contribution in [0.15, 0.2) is 60.7 Å². The summed E-state index contributed by atoms with van der Waals surface area (Å²) in [5, 5.41) is 63.8. The van der Waals surface area contributed by atoms with Crippen molar-refractivity contribution in [2.45, 2.75) is 37.9 Å². The van der Waals surface area contributed by atoms with Crippen LogP contribution in [0.5, 0.6) is 0 Å². The van der Waals surface area contributed by atoms with Crippen LogP contribution in [0.4, 0.5) is 11.6 Å². The first-order valence-corrected chi connectivity index (χ1v) is 22.2. The van der Waals surface area contributed by atoms with Crippen LogP contribution in [0.25, 0.3) is 33.5 Å². The number of hydrogen-bond acceptors (Lipinski definition) is 20. The summed E-state index contributed by atoms with van der Waals surface area (Å²) in [4.78, 5) is 30.5. The average molecular weight is 1040 g/mol. The highest BCUT2D eigenvalue weighted by Crippen LogP contribution is 2.35. The van der Waals surface area contributed by atoms with Crippen molar-refractivity contribution in [2.75, 3.05) is 78.4 Å². The first-order valence-electron chi connectivity index (χ1n) is 20.6. The van der Waals surface area contributed by atoms with Crippen LogP contribution >= 0.6 is 46.4 Å². The van der Waals surface area contributed by atoms with Crippen LogP contribution in [-0.2, 0) is 41.4 Å². The van der Waals surface area contributed by atoms with Crippen molar-refractivity contribution in [2.24, 2.45) is 5.73 Å². The smallest absolute Gasteiger partial charge is 0.329 e. The van der Waals surface area contributed by atoms with Gasteiger partial charge in [0, 0.05) is 51.3 Å². The van der Waals surface area contributed by atoms with Crippen LogP contribution in [0.1, 0.15) is 24.5 Å². The Morgan fingerprint density at radius 1 is 0.696 bits per heavy atom.